The molecule has 6 aromatic carbocycles. The van der Waals surface area contributed by atoms with Crippen molar-refractivity contribution >= 4 is 127 Å². The van der Waals surface area contributed by atoms with Crippen LogP contribution in [0.5, 0.6) is 0 Å². The summed E-state index contributed by atoms with van der Waals surface area (Å²) in [6.45, 7) is 4.57. The topological polar surface area (TPSA) is 0 Å². The summed E-state index contributed by atoms with van der Waals surface area (Å²) in [5.41, 5.74) is 0. The number of hydrogen-bond donors (Lipinski definition) is 0. The van der Waals surface area contributed by atoms with Crippen LogP contribution in [-0.4, -0.2) is 12.3 Å². The Morgan fingerprint density at radius 2 is 0.446 bits per heavy atom. The molecule has 0 fully saturated rings. The van der Waals surface area contributed by atoms with Gasteiger partial charge in [-0.25, -0.2) is 0 Å². The molecule has 0 heterocycles. The SMILES string of the molecule is CCCC[P+](c1ccccc1)(c1ccccc1)c1ccccc1.CCCC[P+](c1ccccc1)(c1ccccc1)c1ccccc1.[Cl][Mn-]([Cl])([Cl])[Cl].[Cl][Mn-]([Cl])([Cl])[Cl]. The molecule has 0 spiro atoms. The Hall–Kier alpha value is -0.461. The molecule has 0 bridgehead atoms. The van der Waals surface area contributed by atoms with Crippen LogP contribution >= 0.6 is 95.3 Å². The van der Waals surface area contributed by atoms with Crippen molar-refractivity contribution in [2.24, 2.45) is 0 Å². The first-order valence-corrected chi connectivity index (χ1v) is 34.9. The average molecular weight is 1030 g/mol. The van der Waals surface area contributed by atoms with E-state index in [1.807, 2.05) is 0 Å². The molecular weight excluding hydrogens is 984 g/mol. The molecule has 6 aromatic rings. The first-order chi connectivity index (χ1) is 26.8. The second-order valence-corrected chi connectivity index (χ2v) is 43.1. The molecule has 0 atom stereocenters. The quantitative estimate of drug-likeness (QED) is 0.0846. The molecule has 0 amide bonds. The maximum absolute atomic E-state index is 4.97. The maximum atomic E-state index is 4.97. The van der Waals surface area contributed by atoms with E-state index in [9.17, 15) is 0 Å². The Labute approximate surface area is 375 Å². The van der Waals surface area contributed by atoms with Gasteiger partial charge in [0.25, 0.3) is 0 Å². The minimum absolute atomic E-state index is 1.23. The Morgan fingerprint density at radius 3 is 0.571 bits per heavy atom. The van der Waals surface area contributed by atoms with E-state index in [-0.39, 0.29) is 0 Å². The van der Waals surface area contributed by atoms with Crippen LogP contribution < -0.4 is 31.8 Å². The molecule has 12 heteroatoms. The standard InChI is InChI=1S/2C22H24P.8ClH.2Mn/c2*1-2-3-19-23(20-13-7-4-8-14-20,21-15-9-5-10-16-21)22-17-11-6-12-18-22;;;;;;;;;;/h2*4-18H,2-3,19H2,1H3;8*1H;;/q2*+1;;;;;;;;;2*+3/p-8. The molecule has 0 saturated heterocycles. The zero-order chi connectivity index (χ0) is 40.9. The van der Waals surface area contributed by atoms with E-state index >= 15 is 0 Å². The van der Waals surface area contributed by atoms with Gasteiger partial charge in [0.15, 0.2) is 0 Å². The van der Waals surface area contributed by atoms with Gasteiger partial charge in [0.05, 0.1) is 12.3 Å². The van der Waals surface area contributed by atoms with Crippen molar-refractivity contribution < 1.29 is 18.4 Å². The molecule has 0 N–H and O–H groups in total. The normalized spacial score (nSPS) is 12.0. The van der Waals surface area contributed by atoms with Gasteiger partial charge in [0.2, 0.25) is 0 Å². The van der Waals surface area contributed by atoms with E-state index in [0.29, 0.717) is 0 Å². The number of halogens is 8. The zero-order valence-corrected chi connectivity index (χ0v) is 41.4. The third-order valence-electron chi connectivity index (χ3n) is 8.88. The molecular formula is C44H48Cl8Mn2P2. The predicted octanol–water partition coefficient (Wildman–Crippen LogP) is 15.1. The molecule has 56 heavy (non-hydrogen) atoms. The van der Waals surface area contributed by atoms with E-state index in [1.165, 1.54) is 69.8 Å². The third-order valence-corrected chi connectivity index (χ3v) is 17.9. The van der Waals surface area contributed by atoms with Gasteiger partial charge in [-0.2, -0.15) is 0 Å². The van der Waals surface area contributed by atoms with Crippen molar-refractivity contribution in [2.45, 2.75) is 39.5 Å². The first-order valence-electron chi connectivity index (χ1n) is 18.0. The van der Waals surface area contributed by atoms with Crippen molar-refractivity contribution in [1.29, 1.82) is 0 Å². The van der Waals surface area contributed by atoms with E-state index in [2.05, 4.69) is 196 Å². The van der Waals surface area contributed by atoms with Crippen LogP contribution in [0.2, 0.25) is 0 Å². The van der Waals surface area contributed by atoms with Gasteiger partial charge in [-0.3, -0.25) is 0 Å². The van der Waals surface area contributed by atoms with E-state index in [1.54, 1.807) is 0 Å². The Morgan fingerprint density at radius 1 is 0.304 bits per heavy atom. The summed E-state index contributed by atoms with van der Waals surface area (Å²) in [7, 11) is 31.1. The second-order valence-electron chi connectivity index (χ2n) is 12.4. The Bertz CT molecular complexity index is 1550. The fourth-order valence-corrected chi connectivity index (χ4v) is 15.6. The predicted molar refractivity (Wildman–Crippen MR) is 257 cm³/mol. The Kier molecular flexibility index (Phi) is 23.2. The third kappa shape index (κ3) is 16.9. The molecule has 0 aliphatic rings. The molecule has 0 unspecified atom stereocenters. The molecule has 0 aliphatic carbocycles. The first kappa shape index (κ1) is 49.9. The fraction of sp³-hybridized carbons (Fsp3) is 0.182. The summed E-state index contributed by atoms with van der Waals surface area (Å²) >= 11 is 0. The monoisotopic (exact) mass is 1030 g/mol. The molecule has 0 radical (unpaired) electrons. The van der Waals surface area contributed by atoms with Gasteiger partial charge in [-0.1, -0.05) is 136 Å². The minimum atomic E-state index is -2.74. The summed E-state index contributed by atoms with van der Waals surface area (Å²) in [6.07, 6.45) is 7.45. The second kappa shape index (κ2) is 26.0. The van der Waals surface area contributed by atoms with Crippen LogP contribution in [0.3, 0.4) is 0 Å². The van der Waals surface area contributed by atoms with Gasteiger partial charge < -0.3 is 0 Å². The van der Waals surface area contributed by atoms with Crippen LogP contribution in [0.4, 0.5) is 0 Å². The van der Waals surface area contributed by atoms with Crippen LogP contribution in [0, 0.1) is 0 Å². The molecule has 304 valence electrons. The van der Waals surface area contributed by atoms with Gasteiger partial charge in [0.1, 0.15) is 46.4 Å². The van der Waals surface area contributed by atoms with Crippen molar-refractivity contribution in [3.8, 4) is 0 Å². The number of unbranched alkanes of at least 4 members (excludes halogenated alkanes) is 2. The van der Waals surface area contributed by atoms with Crippen LogP contribution in [-0.2, 0) is 18.4 Å². The van der Waals surface area contributed by atoms with Crippen LogP contribution in [0.15, 0.2) is 182 Å². The summed E-state index contributed by atoms with van der Waals surface area (Å²) < 4.78 is 0. The molecule has 0 nitrogen and oxygen atoms in total. The van der Waals surface area contributed by atoms with Crippen molar-refractivity contribution in [3.05, 3.63) is 182 Å². The van der Waals surface area contributed by atoms with Gasteiger partial charge in [-0.15, -0.1) is 0 Å². The summed E-state index contributed by atoms with van der Waals surface area (Å²) in [5, 5.41) is 8.95. The van der Waals surface area contributed by atoms with Crippen LogP contribution in [0.25, 0.3) is 0 Å². The van der Waals surface area contributed by atoms with Crippen molar-refractivity contribution in [1.82, 2.24) is 0 Å². The van der Waals surface area contributed by atoms with Crippen LogP contribution in [0.1, 0.15) is 39.5 Å². The van der Waals surface area contributed by atoms with E-state index in [4.69, 9.17) is 80.8 Å². The Balaban J connectivity index is 0.000000242. The molecule has 0 aromatic heterocycles. The summed E-state index contributed by atoms with van der Waals surface area (Å²) in [6, 6.07) is 66.8. The van der Waals surface area contributed by atoms with Gasteiger partial charge in [0, 0.05) is 0 Å². The molecule has 0 aliphatic heterocycles. The number of rotatable bonds is 12. The van der Waals surface area contributed by atoms with Crippen molar-refractivity contribution in [3.63, 3.8) is 0 Å². The molecule has 6 rings (SSSR count). The number of benzene rings is 6. The van der Waals surface area contributed by atoms with E-state index in [0.717, 1.165) is 0 Å². The van der Waals surface area contributed by atoms with Gasteiger partial charge >= 0.3 is 99.2 Å². The fourth-order valence-electron chi connectivity index (χ4n) is 6.55. The van der Waals surface area contributed by atoms with Gasteiger partial charge in [-0.05, 0) is 85.6 Å². The molecule has 0 saturated carbocycles. The summed E-state index contributed by atoms with van der Waals surface area (Å²) in [5.74, 6) is 0. The number of hydrogen-bond acceptors (Lipinski definition) is 0. The average Bonchev–Trinajstić information content (AvgIpc) is 3.20. The summed E-state index contributed by atoms with van der Waals surface area (Å²) in [4.78, 5) is 0. The zero-order valence-electron chi connectivity index (χ0n) is 31.2. The van der Waals surface area contributed by atoms with Crippen molar-refractivity contribution in [2.75, 3.05) is 12.3 Å². The van der Waals surface area contributed by atoms with E-state index < -0.39 is 32.9 Å².